The van der Waals surface area contributed by atoms with Crippen LogP contribution in [0.15, 0.2) is 0 Å². The van der Waals surface area contributed by atoms with Gasteiger partial charge in [-0.2, -0.15) is 0 Å². The summed E-state index contributed by atoms with van der Waals surface area (Å²) in [7, 11) is 0. The fourth-order valence-corrected chi connectivity index (χ4v) is 1.70. The van der Waals surface area contributed by atoms with Gasteiger partial charge in [0.25, 0.3) is 0 Å². The van der Waals surface area contributed by atoms with E-state index in [9.17, 15) is 0 Å². The molecule has 3 nitrogen and oxygen atoms in total. The van der Waals surface area contributed by atoms with E-state index in [1.165, 1.54) is 12.8 Å². The van der Waals surface area contributed by atoms with Crippen LogP contribution in [0.25, 0.3) is 0 Å². The van der Waals surface area contributed by atoms with Crippen molar-refractivity contribution in [3.63, 3.8) is 0 Å². The Morgan fingerprint density at radius 1 is 1.50 bits per heavy atom. The van der Waals surface area contributed by atoms with Gasteiger partial charge >= 0.3 is 0 Å². The van der Waals surface area contributed by atoms with Crippen LogP contribution in [-0.2, 0) is 4.74 Å². The van der Waals surface area contributed by atoms with Crippen LogP contribution in [0.3, 0.4) is 0 Å². The van der Waals surface area contributed by atoms with E-state index in [0.29, 0.717) is 18.1 Å². The lowest BCUT2D eigenvalue weighted by atomic mass is 10.0. The van der Waals surface area contributed by atoms with Crippen molar-refractivity contribution in [2.45, 2.75) is 45.3 Å². The molecule has 0 spiro atoms. The van der Waals surface area contributed by atoms with Crippen molar-refractivity contribution in [1.29, 1.82) is 0 Å². The van der Waals surface area contributed by atoms with Gasteiger partial charge in [-0.15, -0.1) is 0 Å². The van der Waals surface area contributed by atoms with Crippen LogP contribution in [0.2, 0.25) is 0 Å². The molecule has 1 heterocycles. The molecule has 0 aliphatic carbocycles. The zero-order valence-electron chi connectivity index (χ0n) is 9.33. The van der Waals surface area contributed by atoms with Gasteiger partial charge in [-0.05, 0) is 38.6 Å². The van der Waals surface area contributed by atoms with Crippen LogP contribution >= 0.6 is 0 Å². The summed E-state index contributed by atoms with van der Waals surface area (Å²) in [5, 5.41) is 12.4. The molecule has 1 aliphatic rings. The van der Waals surface area contributed by atoms with Crippen molar-refractivity contribution in [2.24, 2.45) is 5.92 Å². The van der Waals surface area contributed by atoms with Crippen LogP contribution in [0.4, 0.5) is 0 Å². The molecule has 2 N–H and O–H groups in total. The van der Waals surface area contributed by atoms with Crippen LogP contribution in [0.5, 0.6) is 0 Å². The second-order valence-electron chi connectivity index (χ2n) is 4.33. The Labute approximate surface area is 86.8 Å². The first-order valence-corrected chi connectivity index (χ1v) is 5.70. The highest BCUT2D eigenvalue weighted by molar-refractivity contribution is 4.70. The van der Waals surface area contributed by atoms with Crippen LogP contribution in [0.1, 0.15) is 33.1 Å². The lowest BCUT2D eigenvalue weighted by Gasteiger charge is -2.20. The highest BCUT2D eigenvalue weighted by atomic mass is 16.5. The molecular weight excluding hydrogens is 178 g/mol. The van der Waals surface area contributed by atoms with Crippen LogP contribution in [-0.4, -0.2) is 37.0 Å². The molecule has 0 aromatic carbocycles. The zero-order valence-corrected chi connectivity index (χ0v) is 9.33. The molecule has 0 aromatic rings. The van der Waals surface area contributed by atoms with Gasteiger partial charge in [0.1, 0.15) is 0 Å². The van der Waals surface area contributed by atoms with E-state index in [0.717, 1.165) is 19.6 Å². The third kappa shape index (κ3) is 3.95. The van der Waals surface area contributed by atoms with Gasteiger partial charge in [0, 0.05) is 19.3 Å². The molecule has 0 radical (unpaired) electrons. The molecule has 0 aromatic heterocycles. The van der Waals surface area contributed by atoms with E-state index in [-0.39, 0.29) is 6.61 Å². The summed E-state index contributed by atoms with van der Waals surface area (Å²) >= 11 is 0. The summed E-state index contributed by atoms with van der Waals surface area (Å²) in [6.45, 7) is 6.37. The lowest BCUT2D eigenvalue weighted by Crippen LogP contribution is -2.35. The van der Waals surface area contributed by atoms with E-state index in [1.807, 2.05) is 0 Å². The number of hydrogen-bond donors (Lipinski definition) is 2. The molecule has 0 bridgehead atoms. The molecule has 1 fully saturated rings. The minimum absolute atomic E-state index is 0.258. The van der Waals surface area contributed by atoms with E-state index < -0.39 is 0 Å². The van der Waals surface area contributed by atoms with Crippen molar-refractivity contribution in [3.05, 3.63) is 0 Å². The smallest absolute Gasteiger partial charge is 0.0588 e. The summed E-state index contributed by atoms with van der Waals surface area (Å²) in [5.41, 5.74) is 0. The quantitative estimate of drug-likeness (QED) is 0.677. The molecule has 3 heteroatoms. The molecular formula is C11H23NO2. The van der Waals surface area contributed by atoms with Crippen molar-refractivity contribution in [3.8, 4) is 0 Å². The summed E-state index contributed by atoms with van der Waals surface area (Å²) in [5.74, 6) is 0.333. The number of rotatable bonds is 6. The zero-order chi connectivity index (χ0) is 10.4. The first-order chi connectivity index (χ1) is 6.74. The van der Waals surface area contributed by atoms with Crippen LogP contribution in [0, 0.1) is 5.92 Å². The maximum absolute atomic E-state index is 8.95. The monoisotopic (exact) mass is 201 g/mol. The van der Waals surface area contributed by atoms with E-state index in [2.05, 4.69) is 19.2 Å². The number of aliphatic hydroxyl groups is 1. The topological polar surface area (TPSA) is 41.5 Å². The average molecular weight is 201 g/mol. The maximum Gasteiger partial charge on any atom is 0.0588 e. The highest BCUT2D eigenvalue weighted by Gasteiger charge is 2.16. The van der Waals surface area contributed by atoms with Gasteiger partial charge in [-0.3, -0.25) is 0 Å². The first kappa shape index (κ1) is 12.0. The fourth-order valence-electron chi connectivity index (χ4n) is 1.70. The molecule has 1 saturated heterocycles. The van der Waals surface area contributed by atoms with Crippen molar-refractivity contribution < 1.29 is 9.84 Å². The molecule has 14 heavy (non-hydrogen) atoms. The summed E-state index contributed by atoms with van der Waals surface area (Å²) in [4.78, 5) is 0. The second-order valence-corrected chi connectivity index (χ2v) is 4.33. The van der Waals surface area contributed by atoms with Gasteiger partial charge in [-0.1, -0.05) is 6.92 Å². The minimum Gasteiger partial charge on any atom is -0.396 e. The SMILES string of the molecule is CC(CO)C(C)NCCC1CCCO1. The summed E-state index contributed by atoms with van der Waals surface area (Å²) < 4.78 is 5.53. The Morgan fingerprint density at radius 2 is 2.29 bits per heavy atom. The van der Waals surface area contributed by atoms with Gasteiger partial charge in [0.15, 0.2) is 0 Å². The van der Waals surface area contributed by atoms with Gasteiger partial charge in [0.05, 0.1) is 6.10 Å². The Balaban J connectivity index is 2.02. The van der Waals surface area contributed by atoms with E-state index >= 15 is 0 Å². The number of nitrogens with one attached hydrogen (secondary N) is 1. The van der Waals surface area contributed by atoms with Crippen LogP contribution < -0.4 is 5.32 Å². The molecule has 84 valence electrons. The summed E-state index contributed by atoms with van der Waals surface area (Å²) in [6, 6.07) is 0.390. The molecule has 0 saturated carbocycles. The Bertz CT molecular complexity index is 146. The molecule has 3 atom stereocenters. The predicted molar refractivity (Wildman–Crippen MR) is 57.3 cm³/mol. The number of aliphatic hydroxyl groups excluding tert-OH is 1. The minimum atomic E-state index is 0.258. The normalized spacial score (nSPS) is 26.4. The standard InChI is InChI=1S/C11H23NO2/c1-9(8-13)10(2)12-6-5-11-4-3-7-14-11/h9-13H,3-8H2,1-2H3. The lowest BCUT2D eigenvalue weighted by molar-refractivity contribution is 0.102. The van der Waals surface area contributed by atoms with Crippen molar-refractivity contribution in [2.75, 3.05) is 19.8 Å². The third-order valence-electron chi connectivity index (χ3n) is 3.10. The van der Waals surface area contributed by atoms with Crippen molar-refractivity contribution >= 4 is 0 Å². The Hall–Kier alpha value is -0.120. The summed E-state index contributed by atoms with van der Waals surface area (Å²) in [6.07, 6.45) is 4.00. The highest BCUT2D eigenvalue weighted by Crippen LogP contribution is 2.14. The van der Waals surface area contributed by atoms with E-state index in [1.54, 1.807) is 0 Å². The average Bonchev–Trinajstić information content (AvgIpc) is 2.69. The fraction of sp³-hybridized carbons (Fsp3) is 1.00. The number of hydrogen-bond acceptors (Lipinski definition) is 3. The van der Waals surface area contributed by atoms with Gasteiger partial charge in [0.2, 0.25) is 0 Å². The molecule has 1 aliphatic heterocycles. The second kappa shape index (κ2) is 6.38. The number of ether oxygens (including phenoxy) is 1. The predicted octanol–water partition coefficient (Wildman–Crippen LogP) is 1.16. The van der Waals surface area contributed by atoms with Crippen molar-refractivity contribution in [1.82, 2.24) is 5.32 Å². The van der Waals surface area contributed by atoms with Gasteiger partial charge < -0.3 is 15.2 Å². The maximum atomic E-state index is 8.95. The Kier molecular flexibility index (Phi) is 5.45. The molecule has 3 unspecified atom stereocenters. The third-order valence-corrected chi connectivity index (χ3v) is 3.10. The largest absolute Gasteiger partial charge is 0.396 e. The first-order valence-electron chi connectivity index (χ1n) is 5.70. The Morgan fingerprint density at radius 3 is 2.86 bits per heavy atom. The molecule has 0 amide bonds. The van der Waals surface area contributed by atoms with Gasteiger partial charge in [-0.25, -0.2) is 0 Å². The molecule has 1 rings (SSSR count). The van der Waals surface area contributed by atoms with E-state index in [4.69, 9.17) is 9.84 Å².